The van der Waals surface area contributed by atoms with E-state index in [4.69, 9.17) is 4.74 Å². The molecule has 7 heteroatoms. The molecule has 90 valence electrons. The summed E-state index contributed by atoms with van der Waals surface area (Å²) in [6.07, 6.45) is 0. The highest BCUT2D eigenvalue weighted by atomic mass is 79.9. The van der Waals surface area contributed by atoms with E-state index in [1.807, 2.05) is 0 Å². The molecule has 0 aliphatic heterocycles. The molecule has 0 unspecified atom stereocenters. The van der Waals surface area contributed by atoms with Crippen molar-refractivity contribution in [1.29, 1.82) is 0 Å². The molecule has 0 bridgehead atoms. The van der Waals surface area contributed by atoms with Crippen molar-refractivity contribution in [2.45, 2.75) is 10.7 Å². The molecule has 0 radical (unpaired) electrons. The van der Waals surface area contributed by atoms with Crippen molar-refractivity contribution >= 4 is 25.8 Å². The van der Waals surface area contributed by atoms with Gasteiger partial charge in [-0.15, -0.1) is 0 Å². The highest BCUT2D eigenvalue weighted by molar-refractivity contribution is 9.09. The molecule has 1 aromatic carbocycles. The summed E-state index contributed by atoms with van der Waals surface area (Å²) >= 11 is 3.15. The standard InChI is InChI=1S/C9H9BrF2O3S/c10-5-6-15-7-1-3-8(4-2-7)16(13,14)9(11)12/h1-4,9H,5-6H2. The number of ether oxygens (including phenoxy) is 1. The molecule has 0 saturated heterocycles. The number of halogens is 3. The Morgan fingerprint density at radius 1 is 1.25 bits per heavy atom. The zero-order valence-electron chi connectivity index (χ0n) is 8.07. The molecule has 16 heavy (non-hydrogen) atoms. The van der Waals surface area contributed by atoms with Crippen LogP contribution in [0.3, 0.4) is 0 Å². The first-order chi connectivity index (χ1) is 7.48. The quantitative estimate of drug-likeness (QED) is 0.784. The number of hydrogen-bond acceptors (Lipinski definition) is 3. The first kappa shape index (κ1) is 13.4. The highest BCUT2D eigenvalue weighted by Gasteiger charge is 2.26. The van der Waals surface area contributed by atoms with Gasteiger partial charge in [0.25, 0.3) is 0 Å². The lowest BCUT2D eigenvalue weighted by atomic mass is 10.3. The molecule has 3 nitrogen and oxygen atoms in total. The Morgan fingerprint density at radius 3 is 2.25 bits per heavy atom. The molecular formula is C9H9BrF2O3S. The Balaban J connectivity index is 2.87. The average molecular weight is 315 g/mol. The molecule has 0 aliphatic carbocycles. The van der Waals surface area contributed by atoms with Gasteiger partial charge < -0.3 is 4.74 Å². The van der Waals surface area contributed by atoms with Crippen LogP contribution in [0, 0.1) is 0 Å². The fourth-order valence-corrected chi connectivity index (χ4v) is 1.87. The maximum atomic E-state index is 12.2. The van der Waals surface area contributed by atoms with E-state index in [0.717, 1.165) is 12.1 Å². The molecule has 0 N–H and O–H groups in total. The van der Waals surface area contributed by atoms with Crippen molar-refractivity contribution in [2.75, 3.05) is 11.9 Å². The maximum Gasteiger partial charge on any atom is 0.341 e. The van der Waals surface area contributed by atoms with E-state index in [2.05, 4.69) is 15.9 Å². The van der Waals surface area contributed by atoms with Gasteiger partial charge in [0.05, 0.1) is 11.5 Å². The predicted molar refractivity (Wildman–Crippen MR) is 58.9 cm³/mol. The van der Waals surface area contributed by atoms with Crippen molar-refractivity contribution in [3.63, 3.8) is 0 Å². The lowest BCUT2D eigenvalue weighted by Gasteiger charge is -2.06. The molecule has 0 saturated carbocycles. The van der Waals surface area contributed by atoms with Gasteiger partial charge in [-0.3, -0.25) is 0 Å². The molecule has 0 amide bonds. The van der Waals surface area contributed by atoms with Gasteiger partial charge >= 0.3 is 5.76 Å². The van der Waals surface area contributed by atoms with E-state index in [0.29, 0.717) is 17.7 Å². The Bertz CT molecular complexity index is 431. The molecule has 0 atom stereocenters. The summed E-state index contributed by atoms with van der Waals surface area (Å²) in [4.78, 5) is -0.409. The monoisotopic (exact) mass is 314 g/mol. The Kier molecular flexibility index (Phi) is 4.67. The average Bonchev–Trinajstić information content (AvgIpc) is 2.26. The summed E-state index contributed by atoms with van der Waals surface area (Å²) in [5, 5.41) is 0.629. The Labute approximate surface area is 100 Å². The largest absolute Gasteiger partial charge is 0.493 e. The van der Waals surface area contributed by atoms with Gasteiger partial charge in [0.2, 0.25) is 9.84 Å². The van der Waals surface area contributed by atoms with Crippen LogP contribution in [0.1, 0.15) is 0 Å². The van der Waals surface area contributed by atoms with Gasteiger partial charge in [0.1, 0.15) is 5.75 Å². The molecule has 1 aromatic rings. The fraction of sp³-hybridized carbons (Fsp3) is 0.333. The van der Waals surface area contributed by atoms with Crippen molar-refractivity contribution in [3.8, 4) is 5.75 Å². The summed E-state index contributed by atoms with van der Waals surface area (Å²) in [6, 6.07) is 4.89. The van der Waals surface area contributed by atoms with Gasteiger partial charge in [-0.25, -0.2) is 8.42 Å². The lowest BCUT2D eigenvalue weighted by Crippen LogP contribution is -2.11. The van der Waals surface area contributed by atoms with Crippen LogP contribution in [-0.4, -0.2) is 26.1 Å². The van der Waals surface area contributed by atoms with E-state index in [1.54, 1.807) is 0 Å². The number of sulfone groups is 1. The third-order valence-corrected chi connectivity index (χ3v) is 3.45. The third kappa shape index (κ3) is 3.15. The van der Waals surface area contributed by atoms with Gasteiger partial charge in [0.15, 0.2) is 0 Å². The van der Waals surface area contributed by atoms with Crippen LogP contribution in [0.4, 0.5) is 8.78 Å². The predicted octanol–water partition coefficient (Wildman–Crippen LogP) is 2.46. The lowest BCUT2D eigenvalue weighted by molar-refractivity contribution is 0.234. The molecular weight excluding hydrogens is 306 g/mol. The molecule has 0 aromatic heterocycles. The Hall–Kier alpha value is -0.690. The second-order valence-electron chi connectivity index (χ2n) is 2.81. The normalized spacial score (nSPS) is 11.8. The summed E-state index contributed by atoms with van der Waals surface area (Å²) in [7, 11) is -4.51. The van der Waals surface area contributed by atoms with Crippen molar-refractivity contribution in [2.24, 2.45) is 0 Å². The van der Waals surface area contributed by atoms with E-state index >= 15 is 0 Å². The Morgan fingerprint density at radius 2 is 1.81 bits per heavy atom. The van der Waals surface area contributed by atoms with Crippen LogP contribution in [0.15, 0.2) is 29.2 Å². The zero-order valence-corrected chi connectivity index (χ0v) is 10.5. The molecule has 0 spiro atoms. The second-order valence-corrected chi connectivity index (χ2v) is 5.53. The summed E-state index contributed by atoms with van der Waals surface area (Å²) < 4.78 is 51.6. The zero-order chi connectivity index (χ0) is 12.2. The van der Waals surface area contributed by atoms with Crippen LogP contribution < -0.4 is 4.74 Å². The molecule has 1 rings (SSSR count). The minimum Gasteiger partial charge on any atom is -0.493 e. The summed E-state index contributed by atoms with van der Waals surface area (Å²) in [5.41, 5.74) is 0. The first-order valence-electron chi connectivity index (χ1n) is 4.29. The van der Waals surface area contributed by atoms with Crippen molar-refractivity contribution < 1.29 is 21.9 Å². The highest BCUT2D eigenvalue weighted by Crippen LogP contribution is 2.21. The molecule has 0 heterocycles. The SMILES string of the molecule is O=S(=O)(c1ccc(OCCBr)cc1)C(F)F. The molecule has 0 aliphatic rings. The van der Waals surface area contributed by atoms with Crippen LogP contribution in [0.5, 0.6) is 5.75 Å². The number of rotatable bonds is 5. The van der Waals surface area contributed by atoms with Crippen LogP contribution in [0.25, 0.3) is 0 Å². The first-order valence-corrected chi connectivity index (χ1v) is 6.96. The van der Waals surface area contributed by atoms with E-state index in [9.17, 15) is 17.2 Å². The van der Waals surface area contributed by atoms with Gasteiger partial charge in [-0.2, -0.15) is 8.78 Å². The van der Waals surface area contributed by atoms with E-state index in [1.165, 1.54) is 12.1 Å². The van der Waals surface area contributed by atoms with Gasteiger partial charge in [-0.1, -0.05) is 15.9 Å². The minimum atomic E-state index is -4.51. The van der Waals surface area contributed by atoms with Crippen LogP contribution in [-0.2, 0) is 9.84 Å². The van der Waals surface area contributed by atoms with E-state index in [-0.39, 0.29) is 0 Å². The fourth-order valence-electron chi connectivity index (χ4n) is 0.985. The smallest absolute Gasteiger partial charge is 0.341 e. The molecule has 0 fully saturated rings. The maximum absolute atomic E-state index is 12.2. The number of hydrogen-bond donors (Lipinski definition) is 0. The third-order valence-electron chi connectivity index (χ3n) is 1.73. The van der Waals surface area contributed by atoms with Crippen LogP contribution in [0.2, 0.25) is 0 Å². The van der Waals surface area contributed by atoms with Crippen LogP contribution >= 0.6 is 15.9 Å². The van der Waals surface area contributed by atoms with Crippen molar-refractivity contribution in [3.05, 3.63) is 24.3 Å². The second kappa shape index (κ2) is 5.58. The topological polar surface area (TPSA) is 43.4 Å². The van der Waals surface area contributed by atoms with Gasteiger partial charge in [0, 0.05) is 5.33 Å². The van der Waals surface area contributed by atoms with E-state index < -0.39 is 20.5 Å². The number of benzene rings is 1. The summed E-state index contributed by atoms with van der Waals surface area (Å²) in [5.74, 6) is -2.96. The number of alkyl halides is 3. The minimum absolute atomic E-state index is 0.409. The van der Waals surface area contributed by atoms with Gasteiger partial charge in [-0.05, 0) is 24.3 Å². The van der Waals surface area contributed by atoms with Crippen molar-refractivity contribution in [1.82, 2.24) is 0 Å². The summed E-state index contributed by atoms with van der Waals surface area (Å²) in [6.45, 7) is 0.418.